The van der Waals surface area contributed by atoms with Gasteiger partial charge in [-0.15, -0.1) is 0 Å². The Bertz CT molecular complexity index is 5030. The molecule has 5 atom stereocenters. The third kappa shape index (κ3) is 14.5. The zero-order valence-corrected chi connectivity index (χ0v) is 52.7. The molecule has 18 nitrogen and oxygen atoms in total. The highest BCUT2D eigenvalue weighted by Crippen LogP contribution is 2.45. The summed E-state index contributed by atoms with van der Waals surface area (Å²) in [6, 6.07) is 48.7. The number of aryl methyl sites for hydroxylation is 1. The number of benzene rings is 5. The fourth-order valence-electron chi connectivity index (χ4n) is 12.2. The van der Waals surface area contributed by atoms with Crippen molar-refractivity contribution in [3.63, 3.8) is 0 Å². The minimum Gasteiger partial charge on any atom is -0.357 e. The van der Waals surface area contributed by atoms with Crippen molar-refractivity contribution in [2.45, 2.75) is 109 Å². The Morgan fingerprint density at radius 3 is 1.17 bits per heavy atom. The predicted molar refractivity (Wildman–Crippen MR) is 346 cm³/mol. The largest absolute Gasteiger partial charge is 0.357 e. The molecule has 2 aliphatic rings. The molecular formula is C68H66N6O12S4. The number of aromatic nitrogens is 4. The molecule has 0 saturated carbocycles. The SMILES string of the molecule is CC1=N/C(=c2\cc/c(=c3/cc/c(=C4/C=CC(c5ccc(-c6ccc(C)[nH]6)n5Cc5ccc(C(CC(C)c6ccc(S(=O)(=O)O)cc6)CC(CC(CC(C)c6ccc(S(=O)(=O)O)cc6)c6ccc(S(=O)(=O)O)cc6)c6ccc(S(=O)(=O)O)cc6)cc5)=N4)[nH]3)[nH]2)C=C1. The van der Waals surface area contributed by atoms with Gasteiger partial charge in [0.1, 0.15) is 0 Å². The van der Waals surface area contributed by atoms with Crippen LogP contribution < -0.4 is 10.7 Å². The molecule has 0 spiro atoms. The summed E-state index contributed by atoms with van der Waals surface area (Å²) in [5.74, 6) is -1.38. The molecule has 5 unspecified atom stereocenters. The van der Waals surface area contributed by atoms with Crippen LogP contribution in [0.3, 0.4) is 0 Å². The zero-order chi connectivity index (χ0) is 63.9. The Morgan fingerprint density at radius 1 is 0.389 bits per heavy atom. The van der Waals surface area contributed by atoms with Crippen LogP contribution in [0, 0.1) is 17.6 Å². The fourth-order valence-corrected chi connectivity index (χ4v) is 14.1. The van der Waals surface area contributed by atoms with Crippen molar-refractivity contribution < 1.29 is 51.9 Å². The number of allylic oxidation sites excluding steroid dienone is 2. The van der Waals surface area contributed by atoms with Gasteiger partial charge in [0.15, 0.2) is 0 Å². The van der Waals surface area contributed by atoms with Gasteiger partial charge in [-0.05, 0) is 224 Å². The van der Waals surface area contributed by atoms with E-state index >= 15 is 0 Å². The molecule has 5 aromatic carbocycles. The lowest BCUT2D eigenvalue weighted by molar-refractivity contribution is 0.413. The minimum absolute atomic E-state index is 0.185. The molecule has 11 rings (SSSR count). The summed E-state index contributed by atoms with van der Waals surface area (Å²) in [6.45, 7) is 8.42. The van der Waals surface area contributed by atoms with Crippen LogP contribution in [0.25, 0.3) is 22.8 Å². The normalized spacial score (nSPS) is 17.1. The van der Waals surface area contributed by atoms with Crippen LogP contribution in [0.4, 0.5) is 0 Å². The van der Waals surface area contributed by atoms with E-state index in [1.54, 1.807) is 48.5 Å². The van der Waals surface area contributed by atoms with E-state index in [4.69, 9.17) is 4.99 Å². The molecule has 7 N–H and O–H groups in total. The van der Waals surface area contributed by atoms with Crippen LogP contribution in [0.15, 0.2) is 224 Å². The molecular weight excluding hydrogens is 1220 g/mol. The smallest absolute Gasteiger partial charge is 0.294 e. The van der Waals surface area contributed by atoms with Crippen LogP contribution >= 0.6 is 0 Å². The van der Waals surface area contributed by atoms with E-state index in [1.807, 2.05) is 82.3 Å². The fraction of sp³-hybridized carbons (Fsp3) is 0.206. The number of aliphatic imine (C=N–C) groups is 2. The Hall–Kier alpha value is -8.58. The second-order valence-electron chi connectivity index (χ2n) is 23.3. The Balaban J connectivity index is 0.962. The maximum atomic E-state index is 12.4. The number of nitrogens with one attached hydrogen (secondary N) is 3. The van der Waals surface area contributed by atoms with Gasteiger partial charge >= 0.3 is 0 Å². The number of hydrogen-bond acceptors (Lipinski definition) is 10. The Morgan fingerprint density at radius 2 is 0.767 bits per heavy atom. The topological polar surface area (TPSA) is 294 Å². The van der Waals surface area contributed by atoms with Crippen LogP contribution in [0.1, 0.15) is 121 Å². The summed E-state index contributed by atoms with van der Waals surface area (Å²) < 4.78 is 140. The first kappa shape index (κ1) is 63.0. The van der Waals surface area contributed by atoms with Gasteiger partial charge in [0, 0.05) is 18.0 Å². The van der Waals surface area contributed by atoms with Crippen molar-refractivity contribution in [2.75, 3.05) is 0 Å². The van der Waals surface area contributed by atoms with Gasteiger partial charge in [-0.3, -0.25) is 23.2 Å². The van der Waals surface area contributed by atoms with Gasteiger partial charge in [-0.25, -0.2) is 4.99 Å². The third-order valence-electron chi connectivity index (χ3n) is 17.0. The Kier molecular flexibility index (Phi) is 17.8. The highest BCUT2D eigenvalue weighted by Gasteiger charge is 2.29. The van der Waals surface area contributed by atoms with Gasteiger partial charge in [-0.2, -0.15) is 33.7 Å². The molecule has 22 heteroatoms. The summed E-state index contributed by atoms with van der Waals surface area (Å²) in [5, 5.41) is 3.60. The highest BCUT2D eigenvalue weighted by molar-refractivity contribution is 7.86. The average Bonchev–Trinajstić information content (AvgIpc) is 3.55. The lowest BCUT2D eigenvalue weighted by atomic mass is 9.73. The second-order valence-corrected chi connectivity index (χ2v) is 28.9. The number of nitrogens with zero attached hydrogens (tertiary/aromatic N) is 3. The molecule has 6 heterocycles. The first-order chi connectivity index (χ1) is 42.7. The minimum atomic E-state index is -4.58. The molecule has 90 heavy (non-hydrogen) atoms. The van der Waals surface area contributed by atoms with Crippen LogP contribution in [-0.4, -0.2) is 82.8 Å². The third-order valence-corrected chi connectivity index (χ3v) is 20.5. The molecule has 4 aromatic heterocycles. The highest BCUT2D eigenvalue weighted by atomic mass is 32.2. The van der Waals surface area contributed by atoms with Gasteiger partial charge in [0.2, 0.25) is 0 Å². The molecule has 2 aliphatic heterocycles. The molecule has 0 bridgehead atoms. The van der Waals surface area contributed by atoms with Crippen LogP contribution in [0.2, 0.25) is 0 Å². The van der Waals surface area contributed by atoms with Crippen molar-refractivity contribution in [1.29, 1.82) is 0 Å². The first-order valence-corrected chi connectivity index (χ1v) is 34.8. The van der Waals surface area contributed by atoms with E-state index in [0.29, 0.717) is 32.2 Å². The summed E-state index contributed by atoms with van der Waals surface area (Å²) in [6.07, 6.45) is 9.82. The van der Waals surface area contributed by atoms with E-state index in [2.05, 4.69) is 67.0 Å². The predicted octanol–water partition coefficient (Wildman–Crippen LogP) is 11.9. The average molecular weight is 1290 g/mol. The Labute approximate surface area is 522 Å². The lowest BCUT2D eigenvalue weighted by Crippen LogP contribution is -2.15. The van der Waals surface area contributed by atoms with Crippen molar-refractivity contribution in [1.82, 2.24) is 19.5 Å². The van der Waals surface area contributed by atoms with Crippen LogP contribution in [-0.2, 0) is 47.0 Å². The van der Waals surface area contributed by atoms with Crippen molar-refractivity contribution in [2.24, 2.45) is 9.98 Å². The van der Waals surface area contributed by atoms with Gasteiger partial charge in [-0.1, -0.05) is 86.6 Å². The molecule has 464 valence electrons. The van der Waals surface area contributed by atoms with E-state index in [0.717, 1.165) is 100 Å². The summed E-state index contributed by atoms with van der Waals surface area (Å²) >= 11 is 0. The molecule has 0 aliphatic carbocycles. The van der Waals surface area contributed by atoms with Crippen molar-refractivity contribution in [3.05, 3.63) is 260 Å². The van der Waals surface area contributed by atoms with E-state index in [-0.39, 0.29) is 49.2 Å². The van der Waals surface area contributed by atoms with Gasteiger partial charge in [0.25, 0.3) is 40.5 Å². The summed E-state index contributed by atoms with van der Waals surface area (Å²) in [4.78, 5) is 19.2. The van der Waals surface area contributed by atoms with E-state index in [1.165, 1.54) is 48.5 Å². The van der Waals surface area contributed by atoms with Gasteiger partial charge < -0.3 is 19.5 Å². The molecule has 9 aromatic rings. The molecule has 0 saturated heterocycles. The number of hydrogen-bond donors (Lipinski definition) is 7. The molecule has 0 amide bonds. The number of aromatic amines is 3. The van der Waals surface area contributed by atoms with E-state index < -0.39 is 40.5 Å². The number of rotatable bonds is 21. The van der Waals surface area contributed by atoms with E-state index in [9.17, 15) is 51.9 Å². The summed E-state index contributed by atoms with van der Waals surface area (Å²) in [7, 11) is -18.1. The summed E-state index contributed by atoms with van der Waals surface area (Å²) in [5.41, 5.74) is 12.1. The van der Waals surface area contributed by atoms with Crippen molar-refractivity contribution in [3.8, 4) is 11.4 Å². The standard InChI is InChI=1S/C68H66N6O12S4/c1-42(47-11-19-55(20-12-47)87(75,76)77)37-52(39-54(51-17-25-58(26-18-51)90(84,85)86)40-53(50-15-23-57(24-16-50)89(81,82)83)38-43(2)48-13-21-56(22-14-48)88(78,79)80)49-9-7-46(8-10-49)41-74-67(65-28-6-45(4)70-65)35-36-68(74)66-34-33-64(73-66)63-32-31-62(72-63)61-30-29-60(71-61)59-27-5-44(3)69-59/h5-36,42-43,52-54,70-72H,37-41H2,1-4H3,(H,75,76,77)(H,78,79,80)(H,81,82,83)(H,84,85,86)/b60-59+,62-61+,64-63+. The maximum Gasteiger partial charge on any atom is 0.294 e. The monoisotopic (exact) mass is 1290 g/mol. The van der Waals surface area contributed by atoms with Crippen LogP contribution in [0.5, 0.6) is 0 Å². The molecule has 0 fully saturated rings. The van der Waals surface area contributed by atoms with Gasteiger partial charge in [0.05, 0.1) is 75.2 Å². The number of H-pyrrole nitrogens is 3. The zero-order valence-electron chi connectivity index (χ0n) is 49.4. The first-order valence-electron chi connectivity index (χ1n) is 29.1. The van der Waals surface area contributed by atoms with Crippen molar-refractivity contribution >= 4 is 63.3 Å². The lowest BCUT2D eigenvalue weighted by Gasteiger charge is -2.31. The second kappa shape index (κ2) is 25.4. The maximum absolute atomic E-state index is 12.4. The quantitative estimate of drug-likeness (QED) is 0.0331. The molecule has 0 radical (unpaired) electrons.